The Morgan fingerprint density at radius 1 is 1.13 bits per heavy atom. The Morgan fingerprint density at radius 3 is 2.50 bits per heavy atom. The lowest BCUT2D eigenvalue weighted by molar-refractivity contribution is 0.0927. The van der Waals surface area contributed by atoms with Crippen LogP contribution in [-0.2, 0) is 9.84 Å². The number of hydrogen-bond donors (Lipinski definition) is 2. The van der Waals surface area contributed by atoms with Crippen LogP contribution in [0.1, 0.15) is 30.3 Å². The lowest BCUT2D eigenvalue weighted by atomic mass is 10.0. The summed E-state index contributed by atoms with van der Waals surface area (Å²) in [4.78, 5) is 18.1. The van der Waals surface area contributed by atoms with E-state index >= 15 is 0 Å². The smallest absolute Gasteiger partial charge is 0.267 e. The first-order chi connectivity index (χ1) is 14.4. The number of benzene rings is 2. The van der Waals surface area contributed by atoms with Crippen molar-refractivity contribution in [3.8, 4) is 0 Å². The van der Waals surface area contributed by atoms with Crippen LogP contribution in [0.4, 0.5) is 10.1 Å². The number of carbonyl (C=O) groups excluding carboxylic acids is 1. The number of aromatic nitrogens is 1. The van der Waals surface area contributed by atoms with Gasteiger partial charge >= 0.3 is 0 Å². The van der Waals surface area contributed by atoms with E-state index in [1.807, 2.05) is 12.1 Å². The molecule has 2 N–H and O–H groups in total. The molecule has 1 saturated heterocycles. The number of nitrogens with one attached hydrogen (secondary N) is 2. The highest BCUT2D eigenvalue weighted by molar-refractivity contribution is 7.91. The third-order valence-electron chi connectivity index (χ3n) is 5.60. The van der Waals surface area contributed by atoms with Crippen LogP contribution in [0.25, 0.3) is 10.9 Å². The Hall–Kier alpha value is -2.87. The highest BCUT2D eigenvalue weighted by atomic mass is 32.2. The predicted molar refractivity (Wildman–Crippen MR) is 115 cm³/mol. The molecule has 1 fully saturated rings. The first-order valence-corrected chi connectivity index (χ1v) is 11.7. The molecule has 0 spiro atoms. The van der Waals surface area contributed by atoms with Crippen molar-refractivity contribution < 1.29 is 17.6 Å². The van der Waals surface area contributed by atoms with E-state index in [9.17, 15) is 17.6 Å². The normalized spacial score (nSPS) is 15.5. The molecule has 30 heavy (non-hydrogen) atoms. The molecule has 6 nitrogen and oxygen atoms in total. The van der Waals surface area contributed by atoms with Gasteiger partial charge in [-0.3, -0.25) is 4.79 Å². The van der Waals surface area contributed by atoms with Crippen molar-refractivity contribution in [1.29, 1.82) is 0 Å². The van der Waals surface area contributed by atoms with Crippen LogP contribution in [0.3, 0.4) is 0 Å². The van der Waals surface area contributed by atoms with Gasteiger partial charge in [0, 0.05) is 35.7 Å². The van der Waals surface area contributed by atoms with Crippen LogP contribution in [0.5, 0.6) is 0 Å². The fourth-order valence-electron chi connectivity index (χ4n) is 3.80. The van der Waals surface area contributed by atoms with Gasteiger partial charge in [0.1, 0.15) is 11.5 Å². The molecular weight excluding hydrogens is 405 g/mol. The van der Waals surface area contributed by atoms with Gasteiger partial charge in [0.15, 0.2) is 9.84 Å². The summed E-state index contributed by atoms with van der Waals surface area (Å²) < 4.78 is 37.2. The minimum Gasteiger partial charge on any atom is -0.371 e. The Labute approximate surface area is 175 Å². The molecule has 158 valence electrons. The molecule has 0 aliphatic carbocycles. The van der Waals surface area contributed by atoms with Crippen LogP contribution in [0.2, 0.25) is 0 Å². The summed E-state index contributed by atoms with van der Waals surface area (Å²) in [6.45, 7) is 3.17. The van der Waals surface area contributed by atoms with Crippen LogP contribution < -0.4 is 10.2 Å². The molecule has 1 aliphatic heterocycles. The summed E-state index contributed by atoms with van der Waals surface area (Å²) in [7, 11) is -3.20. The predicted octanol–water partition coefficient (Wildman–Crippen LogP) is 3.50. The van der Waals surface area contributed by atoms with Crippen LogP contribution in [0.15, 0.2) is 53.4 Å². The highest BCUT2D eigenvalue weighted by Gasteiger charge is 2.22. The van der Waals surface area contributed by atoms with Crippen LogP contribution >= 0.6 is 0 Å². The van der Waals surface area contributed by atoms with Gasteiger partial charge in [0.05, 0.1) is 10.6 Å². The number of sulfone groups is 1. The Morgan fingerprint density at radius 2 is 1.83 bits per heavy atom. The molecule has 2 heterocycles. The third-order valence-corrected chi connectivity index (χ3v) is 7.35. The van der Waals surface area contributed by atoms with E-state index < -0.39 is 9.84 Å². The first-order valence-electron chi connectivity index (χ1n) is 10.0. The zero-order valence-corrected chi connectivity index (χ0v) is 17.5. The van der Waals surface area contributed by atoms with Crippen LogP contribution in [0, 0.1) is 5.82 Å². The Kier molecular flexibility index (Phi) is 5.51. The van der Waals surface area contributed by atoms with Gasteiger partial charge in [0.2, 0.25) is 0 Å². The zero-order valence-electron chi connectivity index (χ0n) is 16.7. The number of hydrogen-bond acceptors (Lipinski definition) is 4. The molecule has 2 aromatic carbocycles. The van der Waals surface area contributed by atoms with Crippen molar-refractivity contribution in [3.05, 3.63) is 60.0 Å². The molecular formula is C22H24FN3O3S. The molecule has 0 saturated carbocycles. The van der Waals surface area contributed by atoms with E-state index in [1.165, 1.54) is 12.1 Å². The molecule has 0 unspecified atom stereocenters. The van der Waals surface area contributed by atoms with E-state index in [4.69, 9.17) is 0 Å². The fraction of sp³-hybridized carbons (Fsp3) is 0.318. The van der Waals surface area contributed by atoms with Gasteiger partial charge in [0.25, 0.3) is 5.91 Å². The van der Waals surface area contributed by atoms with E-state index in [-0.39, 0.29) is 23.5 Å². The minimum absolute atomic E-state index is 0.0524. The van der Waals surface area contributed by atoms with Gasteiger partial charge < -0.3 is 15.2 Å². The van der Waals surface area contributed by atoms with Gasteiger partial charge in [-0.05, 0) is 61.4 Å². The van der Waals surface area contributed by atoms with E-state index in [1.54, 1.807) is 31.2 Å². The van der Waals surface area contributed by atoms with Crippen molar-refractivity contribution in [3.63, 3.8) is 0 Å². The van der Waals surface area contributed by atoms with Crippen molar-refractivity contribution in [2.75, 3.05) is 23.7 Å². The standard InChI is InChI=1S/C22H24FN3O3S/c1-2-30(28,29)19-6-4-18(5-7-19)26-11-9-17(10-12-26)24-22(27)21-14-15-13-16(23)3-8-20(15)25-21/h3-8,13-14,17,25H,2,9-12H2,1H3,(H,24,27). The number of piperidine rings is 1. The van der Waals surface area contributed by atoms with Gasteiger partial charge in [-0.1, -0.05) is 6.92 Å². The first kappa shape index (κ1) is 20.4. The lowest BCUT2D eigenvalue weighted by Gasteiger charge is -2.34. The van der Waals surface area contributed by atoms with Crippen molar-refractivity contribution in [2.45, 2.75) is 30.7 Å². The monoisotopic (exact) mass is 429 g/mol. The molecule has 1 amide bonds. The maximum absolute atomic E-state index is 13.3. The third kappa shape index (κ3) is 4.18. The lowest BCUT2D eigenvalue weighted by Crippen LogP contribution is -2.44. The molecule has 3 aromatic rings. The summed E-state index contributed by atoms with van der Waals surface area (Å²) in [5.74, 6) is -0.441. The van der Waals surface area contributed by atoms with Crippen molar-refractivity contribution in [1.82, 2.24) is 10.3 Å². The number of halogens is 1. The average molecular weight is 430 g/mol. The molecule has 0 radical (unpaired) electrons. The number of H-pyrrole nitrogens is 1. The zero-order chi connectivity index (χ0) is 21.3. The average Bonchev–Trinajstić information content (AvgIpc) is 3.18. The number of rotatable bonds is 5. The number of amides is 1. The van der Waals surface area contributed by atoms with Crippen molar-refractivity contribution >= 4 is 32.3 Å². The second-order valence-corrected chi connectivity index (χ2v) is 9.82. The Balaban J connectivity index is 1.35. The molecule has 1 aromatic heterocycles. The van der Waals surface area contributed by atoms with Crippen molar-refractivity contribution in [2.24, 2.45) is 0 Å². The second kappa shape index (κ2) is 8.10. The van der Waals surface area contributed by atoms with Gasteiger partial charge in [-0.2, -0.15) is 0 Å². The number of anilines is 1. The molecule has 1 aliphatic rings. The molecule has 0 bridgehead atoms. The minimum atomic E-state index is -3.20. The molecule has 8 heteroatoms. The van der Waals surface area contributed by atoms with E-state index in [0.717, 1.165) is 37.1 Å². The SMILES string of the molecule is CCS(=O)(=O)c1ccc(N2CCC(NC(=O)c3cc4cc(F)ccc4[nH]3)CC2)cc1. The van der Waals surface area contributed by atoms with E-state index in [0.29, 0.717) is 16.0 Å². The summed E-state index contributed by atoms with van der Waals surface area (Å²) in [5.41, 5.74) is 2.13. The second-order valence-electron chi connectivity index (χ2n) is 7.55. The number of carbonyl (C=O) groups is 1. The molecule has 0 atom stereocenters. The summed E-state index contributed by atoms with van der Waals surface area (Å²) >= 11 is 0. The summed E-state index contributed by atoms with van der Waals surface area (Å²) in [6, 6.07) is 13.1. The van der Waals surface area contributed by atoms with Crippen LogP contribution in [-0.4, -0.2) is 44.2 Å². The fourth-order valence-corrected chi connectivity index (χ4v) is 4.69. The largest absolute Gasteiger partial charge is 0.371 e. The number of aromatic amines is 1. The maximum Gasteiger partial charge on any atom is 0.267 e. The highest BCUT2D eigenvalue weighted by Crippen LogP contribution is 2.23. The maximum atomic E-state index is 13.3. The quantitative estimate of drug-likeness (QED) is 0.650. The molecule has 4 rings (SSSR count). The summed E-state index contributed by atoms with van der Waals surface area (Å²) in [5, 5.41) is 3.72. The van der Waals surface area contributed by atoms with Gasteiger partial charge in [-0.25, -0.2) is 12.8 Å². The Bertz CT molecular complexity index is 1160. The van der Waals surface area contributed by atoms with E-state index in [2.05, 4.69) is 15.2 Å². The summed E-state index contributed by atoms with van der Waals surface area (Å²) in [6.07, 6.45) is 1.57. The van der Waals surface area contributed by atoms with Gasteiger partial charge in [-0.15, -0.1) is 0 Å². The number of fused-ring (bicyclic) bond motifs is 1. The topological polar surface area (TPSA) is 82.3 Å². The number of nitrogens with zero attached hydrogens (tertiary/aromatic N) is 1.